The van der Waals surface area contributed by atoms with Crippen LogP contribution in [0.25, 0.3) is 0 Å². The lowest BCUT2D eigenvalue weighted by atomic mass is 10.2. The van der Waals surface area contributed by atoms with Crippen molar-refractivity contribution in [2.24, 2.45) is 0 Å². The minimum Gasteiger partial charge on any atom is -0.373 e. The van der Waals surface area contributed by atoms with Crippen LogP contribution in [0.1, 0.15) is 35.8 Å². The van der Waals surface area contributed by atoms with Crippen molar-refractivity contribution in [3.63, 3.8) is 0 Å². The highest BCUT2D eigenvalue weighted by atomic mass is 19.1. The molecule has 1 aromatic carbocycles. The largest absolute Gasteiger partial charge is 0.373 e. The third kappa shape index (κ3) is 4.77. The van der Waals surface area contributed by atoms with Gasteiger partial charge in [0, 0.05) is 25.7 Å². The summed E-state index contributed by atoms with van der Waals surface area (Å²) in [5, 5.41) is 2.68. The zero-order chi connectivity index (χ0) is 16.7. The monoisotopic (exact) mass is 315 g/mol. The van der Waals surface area contributed by atoms with Crippen LogP contribution in [0, 0.1) is 5.82 Å². The van der Waals surface area contributed by atoms with Crippen LogP contribution in [-0.4, -0.2) is 24.5 Å². The Kier molecular flexibility index (Phi) is 6.09. The summed E-state index contributed by atoms with van der Waals surface area (Å²) in [5.74, 6) is -0.635. The molecule has 0 spiro atoms. The van der Waals surface area contributed by atoms with Crippen molar-refractivity contribution in [3.05, 3.63) is 59.7 Å². The molecular weight excluding hydrogens is 293 g/mol. The van der Waals surface area contributed by atoms with Gasteiger partial charge in [0.05, 0.1) is 11.9 Å². The second-order valence-electron chi connectivity index (χ2n) is 5.45. The quantitative estimate of drug-likeness (QED) is 0.852. The normalized spacial score (nSPS) is 10.4. The van der Waals surface area contributed by atoms with Crippen molar-refractivity contribution in [2.45, 2.75) is 26.3 Å². The molecule has 0 fully saturated rings. The van der Waals surface area contributed by atoms with Crippen LogP contribution in [0.3, 0.4) is 0 Å². The van der Waals surface area contributed by atoms with E-state index in [2.05, 4.69) is 22.1 Å². The number of rotatable bonds is 7. The summed E-state index contributed by atoms with van der Waals surface area (Å²) in [4.78, 5) is 18.4. The van der Waals surface area contributed by atoms with E-state index in [1.54, 1.807) is 30.5 Å². The summed E-state index contributed by atoms with van der Waals surface area (Å²) in [6.07, 6.45) is 3.93. The third-order valence-corrected chi connectivity index (χ3v) is 3.67. The van der Waals surface area contributed by atoms with E-state index >= 15 is 0 Å². The van der Waals surface area contributed by atoms with Gasteiger partial charge >= 0.3 is 0 Å². The van der Waals surface area contributed by atoms with Crippen LogP contribution in [0.15, 0.2) is 42.6 Å². The Balaban J connectivity index is 1.94. The molecule has 0 aliphatic rings. The summed E-state index contributed by atoms with van der Waals surface area (Å²) in [6.45, 7) is 3.25. The van der Waals surface area contributed by atoms with E-state index in [4.69, 9.17) is 0 Å². The summed E-state index contributed by atoms with van der Waals surface area (Å²) in [6, 6.07) is 9.95. The molecule has 1 heterocycles. The number of amides is 1. The zero-order valence-corrected chi connectivity index (χ0v) is 13.6. The molecule has 2 aromatic rings. The van der Waals surface area contributed by atoms with Crippen LogP contribution in [0.5, 0.6) is 0 Å². The number of aromatic nitrogens is 1. The predicted octanol–water partition coefficient (Wildman–Crippen LogP) is 3.39. The number of hydrogen-bond acceptors (Lipinski definition) is 3. The standard InChI is InChI=1S/C18H22FN3O/c1-3-4-11-22(2)15-9-10-17(20-13-15)18(23)21-12-14-7-5-6-8-16(14)19/h5-10,13H,3-4,11-12H2,1-2H3,(H,21,23). The molecule has 0 unspecified atom stereocenters. The molecule has 0 bridgehead atoms. The molecule has 5 heteroatoms. The highest BCUT2D eigenvalue weighted by Crippen LogP contribution is 2.12. The van der Waals surface area contributed by atoms with Crippen LogP contribution in [0.2, 0.25) is 0 Å². The van der Waals surface area contributed by atoms with Gasteiger partial charge in [0.15, 0.2) is 0 Å². The summed E-state index contributed by atoms with van der Waals surface area (Å²) in [7, 11) is 2.00. The van der Waals surface area contributed by atoms with Crippen LogP contribution < -0.4 is 10.2 Å². The highest BCUT2D eigenvalue weighted by Gasteiger charge is 2.09. The van der Waals surface area contributed by atoms with E-state index in [-0.39, 0.29) is 18.3 Å². The lowest BCUT2D eigenvalue weighted by molar-refractivity contribution is 0.0945. The molecule has 1 N–H and O–H groups in total. The number of anilines is 1. The van der Waals surface area contributed by atoms with Gasteiger partial charge < -0.3 is 10.2 Å². The number of benzene rings is 1. The Morgan fingerprint density at radius 2 is 2.04 bits per heavy atom. The Morgan fingerprint density at radius 3 is 2.70 bits per heavy atom. The molecule has 4 nitrogen and oxygen atoms in total. The average Bonchev–Trinajstić information content (AvgIpc) is 2.59. The van der Waals surface area contributed by atoms with Gasteiger partial charge in [-0.15, -0.1) is 0 Å². The number of carbonyl (C=O) groups is 1. The maximum absolute atomic E-state index is 13.5. The molecule has 0 saturated carbocycles. The fourth-order valence-electron chi connectivity index (χ4n) is 2.18. The van der Waals surface area contributed by atoms with E-state index < -0.39 is 0 Å². The SMILES string of the molecule is CCCCN(C)c1ccc(C(=O)NCc2ccccc2F)nc1. The van der Waals surface area contributed by atoms with E-state index in [0.717, 1.165) is 25.1 Å². The predicted molar refractivity (Wildman–Crippen MR) is 90.0 cm³/mol. The molecule has 0 radical (unpaired) electrons. The van der Waals surface area contributed by atoms with Crippen molar-refractivity contribution in [2.75, 3.05) is 18.5 Å². The van der Waals surface area contributed by atoms with Gasteiger partial charge in [0.1, 0.15) is 11.5 Å². The lowest BCUT2D eigenvalue weighted by Crippen LogP contribution is -2.24. The van der Waals surface area contributed by atoms with Gasteiger partial charge in [-0.05, 0) is 24.6 Å². The molecule has 0 aliphatic carbocycles. The second kappa shape index (κ2) is 8.27. The molecule has 23 heavy (non-hydrogen) atoms. The van der Waals surface area contributed by atoms with Crippen LogP contribution in [-0.2, 0) is 6.54 Å². The fraction of sp³-hybridized carbons (Fsp3) is 0.333. The van der Waals surface area contributed by atoms with Gasteiger partial charge in [-0.25, -0.2) is 9.37 Å². The first-order valence-electron chi connectivity index (χ1n) is 7.80. The van der Waals surface area contributed by atoms with Crippen molar-refractivity contribution in [3.8, 4) is 0 Å². The average molecular weight is 315 g/mol. The van der Waals surface area contributed by atoms with E-state index in [1.165, 1.54) is 6.07 Å². The Morgan fingerprint density at radius 1 is 1.26 bits per heavy atom. The molecule has 1 amide bonds. The fourth-order valence-corrected chi connectivity index (χ4v) is 2.18. The van der Waals surface area contributed by atoms with Crippen molar-refractivity contribution in [1.82, 2.24) is 10.3 Å². The molecule has 0 atom stereocenters. The maximum Gasteiger partial charge on any atom is 0.270 e. The molecule has 2 rings (SSSR count). The van der Waals surface area contributed by atoms with Crippen molar-refractivity contribution >= 4 is 11.6 Å². The number of hydrogen-bond donors (Lipinski definition) is 1. The van der Waals surface area contributed by atoms with Crippen LogP contribution in [0.4, 0.5) is 10.1 Å². The first-order chi connectivity index (χ1) is 11.1. The van der Waals surface area contributed by atoms with Gasteiger partial charge in [0.2, 0.25) is 0 Å². The summed E-state index contributed by atoms with van der Waals surface area (Å²) in [5.41, 5.74) is 1.76. The lowest BCUT2D eigenvalue weighted by Gasteiger charge is -2.18. The summed E-state index contributed by atoms with van der Waals surface area (Å²) >= 11 is 0. The van der Waals surface area contributed by atoms with Gasteiger partial charge in [-0.1, -0.05) is 31.5 Å². The number of pyridine rings is 1. The molecule has 0 aliphatic heterocycles. The summed E-state index contributed by atoms with van der Waals surface area (Å²) < 4.78 is 13.5. The van der Waals surface area contributed by atoms with Crippen LogP contribution >= 0.6 is 0 Å². The number of unbranched alkanes of at least 4 members (excludes halogenated alkanes) is 1. The number of halogens is 1. The number of carbonyl (C=O) groups excluding carboxylic acids is 1. The Labute approximate surface area is 136 Å². The number of nitrogens with zero attached hydrogens (tertiary/aromatic N) is 2. The van der Waals surface area contributed by atoms with Gasteiger partial charge in [-0.2, -0.15) is 0 Å². The van der Waals surface area contributed by atoms with E-state index in [9.17, 15) is 9.18 Å². The molecule has 0 saturated heterocycles. The number of nitrogens with one attached hydrogen (secondary N) is 1. The highest BCUT2D eigenvalue weighted by molar-refractivity contribution is 5.92. The molecular formula is C18H22FN3O. The topological polar surface area (TPSA) is 45.2 Å². The zero-order valence-electron chi connectivity index (χ0n) is 13.6. The second-order valence-corrected chi connectivity index (χ2v) is 5.45. The Bertz CT molecular complexity index is 643. The molecule has 122 valence electrons. The van der Waals surface area contributed by atoms with Crippen molar-refractivity contribution in [1.29, 1.82) is 0 Å². The minimum atomic E-state index is -0.325. The minimum absolute atomic E-state index is 0.144. The smallest absolute Gasteiger partial charge is 0.270 e. The van der Waals surface area contributed by atoms with Gasteiger partial charge in [-0.3, -0.25) is 4.79 Å². The van der Waals surface area contributed by atoms with E-state index in [1.807, 2.05) is 13.1 Å². The Hall–Kier alpha value is -2.43. The molecule has 1 aromatic heterocycles. The maximum atomic E-state index is 13.5. The van der Waals surface area contributed by atoms with Crippen molar-refractivity contribution < 1.29 is 9.18 Å². The van der Waals surface area contributed by atoms with Gasteiger partial charge in [0.25, 0.3) is 5.91 Å². The first-order valence-corrected chi connectivity index (χ1v) is 7.80. The third-order valence-electron chi connectivity index (χ3n) is 3.67. The first kappa shape index (κ1) is 16.9. The van der Waals surface area contributed by atoms with E-state index in [0.29, 0.717) is 11.3 Å².